The molecular formula is C34H33ClN8O4. The lowest BCUT2D eigenvalue weighted by Gasteiger charge is -2.29. The van der Waals surface area contributed by atoms with Crippen LogP contribution >= 0.6 is 11.8 Å². The Hall–Kier alpha value is -5.36. The lowest BCUT2D eigenvalue weighted by Crippen LogP contribution is -2.40. The van der Waals surface area contributed by atoms with E-state index in [9.17, 15) is 14.4 Å². The molecule has 1 N–H and O–H groups in total. The SMILES string of the molecule is Cc1c(Nc2ncnc3cc(C=O)cnc23)cccc1-c1cccc(N(Cl)C(=O)c2nc3c(n2C)CCN(C(=O)OC(C)(C)C)C3)c1. The number of nitrogens with one attached hydrogen (secondary N) is 1. The Labute approximate surface area is 276 Å². The van der Waals surface area contributed by atoms with Gasteiger partial charge < -0.3 is 19.5 Å². The van der Waals surface area contributed by atoms with Gasteiger partial charge in [-0.1, -0.05) is 24.3 Å². The number of pyridine rings is 1. The van der Waals surface area contributed by atoms with Crippen molar-refractivity contribution in [3.05, 3.63) is 89.4 Å². The normalized spacial score (nSPS) is 12.9. The zero-order chi connectivity index (χ0) is 33.5. The lowest BCUT2D eigenvalue weighted by atomic mass is 9.98. The minimum absolute atomic E-state index is 0.176. The first-order valence-corrected chi connectivity index (χ1v) is 15.3. The van der Waals surface area contributed by atoms with E-state index in [1.54, 1.807) is 28.6 Å². The van der Waals surface area contributed by atoms with Gasteiger partial charge in [-0.2, -0.15) is 0 Å². The number of anilines is 3. The molecule has 12 nitrogen and oxygen atoms in total. The van der Waals surface area contributed by atoms with Crippen molar-refractivity contribution in [3.63, 3.8) is 0 Å². The molecule has 5 aromatic rings. The molecule has 0 aliphatic carbocycles. The van der Waals surface area contributed by atoms with Gasteiger partial charge in [-0.05, 0) is 68.7 Å². The van der Waals surface area contributed by atoms with Crippen LogP contribution in [0.15, 0.2) is 61.1 Å². The third kappa shape index (κ3) is 6.36. The third-order valence-corrected chi connectivity index (χ3v) is 8.23. The molecule has 0 saturated heterocycles. The molecule has 1 aliphatic heterocycles. The number of fused-ring (bicyclic) bond motifs is 2. The van der Waals surface area contributed by atoms with Crippen LogP contribution in [0.2, 0.25) is 0 Å². The van der Waals surface area contributed by atoms with Gasteiger partial charge in [0.2, 0.25) is 5.82 Å². The fraction of sp³-hybridized carbons (Fsp3) is 0.265. The smallest absolute Gasteiger partial charge is 0.410 e. The molecule has 0 bridgehead atoms. The van der Waals surface area contributed by atoms with E-state index in [-0.39, 0.29) is 12.4 Å². The van der Waals surface area contributed by atoms with Crippen LogP contribution < -0.4 is 9.74 Å². The highest BCUT2D eigenvalue weighted by Gasteiger charge is 2.31. The molecular weight excluding hydrogens is 620 g/mol. The monoisotopic (exact) mass is 652 g/mol. The number of aromatic nitrogens is 5. The lowest BCUT2D eigenvalue weighted by molar-refractivity contribution is 0.0220. The van der Waals surface area contributed by atoms with E-state index in [0.29, 0.717) is 46.8 Å². The first-order chi connectivity index (χ1) is 22.4. The second-order valence-electron chi connectivity index (χ2n) is 12.3. The van der Waals surface area contributed by atoms with Crippen molar-refractivity contribution in [2.45, 2.75) is 46.3 Å². The molecule has 0 spiro atoms. The largest absolute Gasteiger partial charge is 0.444 e. The van der Waals surface area contributed by atoms with Gasteiger partial charge in [0.15, 0.2) is 12.1 Å². The third-order valence-electron chi connectivity index (χ3n) is 7.88. The molecule has 0 unspecified atom stereocenters. The molecule has 2 amide bonds. The number of nitrogens with zero attached hydrogens (tertiary/aromatic N) is 7. The van der Waals surface area contributed by atoms with Gasteiger partial charge in [0.1, 0.15) is 17.4 Å². The fourth-order valence-corrected chi connectivity index (χ4v) is 5.71. The number of rotatable bonds is 6. The van der Waals surface area contributed by atoms with Crippen LogP contribution in [0.5, 0.6) is 0 Å². The number of hydrogen-bond acceptors (Lipinski definition) is 9. The number of benzene rings is 2. The summed E-state index contributed by atoms with van der Waals surface area (Å²) in [5, 5.41) is 3.35. The summed E-state index contributed by atoms with van der Waals surface area (Å²) in [5.41, 5.74) is 6.38. The first-order valence-electron chi connectivity index (χ1n) is 15.0. The second-order valence-corrected chi connectivity index (χ2v) is 12.6. The Morgan fingerprint density at radius 3 is 2.64 bits per heavy atom. The van der Waals surface area contributed by atoms with Gasteiger partial charge in [0.05, 0.1) is 23.4 Å². The van der Waals surface area contributed by atoms with Crippen molar-refractivity contribution < 1.29 is 19.1 Å². The number of halogens is 1. The van der Waals surface area contributed by atoms with E-state index in [0.717, 1.165) is 38.8 Å². The molecule has 0 fully saturated rings. The second kappa shape index (κ2) is 12.4. The topological polar surface area (TPSA) is 135 Å². The van der Waals surface area contributed by atoms with Crippen molar-refractivity contribution >= 4 is 58.3 Å². The Balaban J connectivity index is 1.23. The summed E-state index contributed by atoms with van der Waals surface area (Å²) >= 11 is 6.68. The van der Waals surface area contributed by atoms with Gasteiger partial charge in [-0.15, -0.1) is 0 Å². The standard InChI is InChI=1S/C34H33ClN8O4/c1-20-24(10-7-11-25(20)39-30-29-26(37-19-38-30)14-21(18-44)16-36-29)22-8-6-9-23(15-22)43(35)32(45)31-40-27-17-42(13-12-28(27)41(31)5)33(46)47-34(2,3)4/h6-11,14-16,18-19H,12-13,17H2,1-5H3,(H,37,38,39). The maximum atomic E-state index is 13.7. The van der Waals surface area contributed by atoms with Crippen LogP contribution in [0.4, 0.5) is 22.0 Å². The van der Waals surface area contributed by atoms with Gasteiger partial charge in [0.25, 0.3) is 0 Å². The Bertz CT molecular complexity index is 2040. The van der Waals surface area contributed by atoms with Crippen LogP contribution in [-0.2, 0) is 24.8 Å². The van der Waals surface area contributed by atoms with Crippen molar-refractivity contribution in [2.24, 2.45) is 7.05 Å². The highest BCUT2D eigenvalue weighted by atomic mass is 35.5. The summed E-state index contributed by atoms with van der Waals surface area (Å²) < 4.78 is 8.33. The maximum absolute atomic E-state index is 13.7. The van der Waals surface area contributed by atoms with E-state index in [1.807, 2.05) is 64.1 Å². The molecule has 6 rings (SSSR count). The number of amides is 2. The average molecular weight is 653 g/mol. The molecule has 47 heavy (non-hydrogen) atoms. The molecule has 3 aromatic heterocycles. The molecule has 0 atom stereocenters. The fourth-order valence-electron chi connectivity index (χ4n) is 5.53. The summed E-state index contributed by atoms with van der Waals surface area (Å²) in [6.07, 6.45) is 3.75. The molecule has 0 radical (unpaired) electrons. The van der Waals surface area contributed by atoms with Gasteiger partial charge in [-0.25, -0.2) is 29.1 Å². The quantitative estimate of drug-likeness (QED) is 0.164. The van der Waals surface area contributed by atoms with Crippen LogP contribution in [0.3, 0.4) is 0 Å². The van der Waals surface area contributed by atoms with Gasteiger partial charge >= 0.3 is 12.0 Å². The van der Waals surface area contributed by atoms with Crippen LogP contribution in [0.1, 0.15) is 58.7 Å². The van der Waals surface area contributed by atoms with Gasteiger partial charge in [-0.3, -0.25) is 9.59 Å². The Kier molecular flexibility index (Phi) is 8.37. The van der Waals surface area contributed by atoms with Crippen molar-refractivity contribution in [1.82, 2.24) is 29.4 Å². The Morgan fingerprint density at radius 1 is 1.09 bits per heavy atom. The van der Waals surface area contributed by atoms with Crippen LogP contribution in [-0.4, -0.2) is 59.8 Å². The molecule has 1 aliphatic rings. The number of hydrogen-bond donors (Lipinski definition) is 1. The minimum Gasteiger partial charge on any atom is -0.444 e. The summed E-state index contributed by atoms with van der Waals surface area (Å²) in [5.74, 6) is 0.193. The number of aldehydes is 1. The Morgan fingerprint density at radius 2 is 1.87 bits per heavy atom. The molecule has 4 heterocycles. The van der Waals surface area contributed by atoms with E-state index in [1.165, 1.54) is 12.5 Å². The van der Waals surface area contributed by atoms with Crippen molar-refractivity contribution in [3.8, 4) is 11.1 Å². The summed E-state index contributed by atoms with van der Waals surface area (Å²) in [4.78, 5) is 56.7. The molecule has 0 saturated carbocycles. The molecule has 13 heteroatoms. The summed E-state index contributed by atoms with van der Waals surface area (Å²) in [6.45, 7) is 8.15. The minimum atomic E-state index is -0.612. The van der Waals surface area contributed by atoms with Crippen molar-refractivity contribution in [2.75, 3.05) is 16.3 Å². The van der Waals surface area contributed by atoms with Crippen molar-refractivity contribution in [1.29, 1.82) is 0 Å². The average Bonchev–Trinajstić information content (AvgIpc) is 3.39. The van der Waals surface area contributed by atoms with E-state index >= 15 is 0 Å². The van der Waals surface area contributed by atoms with Crippen LogP contribution in [0.25, 0.3) is 22.2 Å². The highest BCUT2D eigenvalue weighted by Crippen LogP contribution is 2.34. The zero-order valence-corrected chi connectivity index (χ0v) is 27.4. The van der Waals surface area contributed by atoms with E-state index in [2.05, 4.69) is 25.3 Å². The summed E-state index contributed by atoms with van der Waals surface area (Å²) in [6, 6.07) is 14.9. The number of imidazole rings is 1. The van der Waals surface area contributed by atoms with E-state index in [4.69, 9.17) is 16.5 Å². The summed E-state index contributed by atoms with van der Waals surface area (Å²) in [7, 11) is 1.78. The highest BCUT2D eigenvalue weighted by molar-refractivity contribution is 6.38. The number of carbonyl (C=O) groups excluding carboxylic acids is 3. The van der Waals surface area contributed by atoms with E-state index < -0.39 is 17.6 Å². The predicted octanol–water partition coefficient (Wildman–Crippen LogP) is 6.38. The number of ether oxygens (including phenoxy) is 1. The molecule has 2 aromatic carbocycles. The predicted molar refractivity (Wildman–Crippen MR) is 179 cm³/mol. The maximum Gasteiger partial charge on any atom is 0.410 e. The number of carbonyl (C=O) groups is 3. The first kappa shape index (κ1) is 31.6. The zero-order valence-electron chi connectivity index (χ0n) is 26.6. The molecule has 240 valence electrons. The van der Waals surface area contributed by atoms with Gasteiger partial charge in [0, 0.05) is 54.9 Å². The van der Waals surface area contributed by atoms with Crippen LogP contribution in [0, 0.1) is 6.92 Å².